The molecule has 0 amide bonds. The summed E-state index contributed by atoms with van der Waals surface area (Å²) in [5.74, 6) is 0.262. The Morgan fingerprint density at radius 1 is 1.37 bits per heavy atom. The van der Waals surface area contributed by atoms with Crippen LogP contribution >= 0.6 is 15.9 Å². The van der Waals surface area contributed by atoms with Gasteiger partial charge in [0.1, 0.15) is 0 Å². The van der Waals surface area contributed by atoms with Gasteiger partial charge in [-0.3, -0.25) is 14.4 Å². The summed E-state index contributed by atoms with van der Waals surface area (Å²) >= 11 is 3.53. The summed E-state index contributed by atoms with van der Waals surface area (Å²) in [6, 6.07) is 0. The quantitative estimate of drug-likeness (QED) is 0.852. The highest BCUT2D eigenvalue weighted by Crippen LogP contribution is 2.26. The smallest absolute Gasteiger partial charge is 0.158 e. The number of hydrogen-bond acceptors (Lipinski definition) is 3. The zero-order chi connectivity index (χ0) is 14.2. The summed E-state index contributed by atoms with van der Waals surface area (Å²) in [7, 11) is 1.89. The summed E-state index contributed by atoms with van der Waals surface area (Å²) in [6.45, 7) is 8.09. The van der Waals surface area contributed by atoms with Gasteiger partial charge in [0.05, 0.1) is 27.8 Å². The predicted molar refractivity (Wildman–Crippen MR) is 79.2 cm³/mol. The SMILES string of the molecule is Cc1nn(C)c(CC(=O)C(C)(C)N2CCCC2)c1Br. The average molecular weight is 328 g/mol. The van der Waals surface area contributed by atoms with Crippen LogP contribution in [0.5, 0.6) is 0 Å². The lowest BCUT2D eigenvalue weighted by molar-refractivity contribution is -0.128. The molecule has 1 aromatic rings. The van der Waals surface area contributed by atoms with E-state index in [1.165, 1.54) is 12.8 Å². The first kappa shape index (κ1) is 14.7. The number of carbonyl (C=O) groups excluding carboxylic acids is 1. The highest BCUT2D eigenvalue weighted by Gasteiger charge is 2.36. The minimum absolute atomic E-state index is 0.262. The zero-order valence-electron chi connectivity index (χ0n) is 12.2. The number of aromatic nitrogens is 2. The second-order valence-electron chi connectivity index (χ2n) is 5.82. The number of halogens is 1. The van der Waals surface area contributed by atoms with Crippen LogP contribution in [0.2, 0.25) is 0 Å². The molecule has 5 heteroatoms. The zero-order valence-corrected chi connectivity index (χ0v) is 13.7. The van der Waals surface area contributed by atoms with Crippen LogP contribution in [-0.2, 0) is 18.3 Å². The molecule has 2 heterocycles. The first-order chi connectivity index (χ1) is 8.84. The van der Waals surface area contributed by atoms with Gasteiger partial charge in [-0.1, -0.05) is 0 Å². The standard InChI is InChI=1S/C14H22BrN3O/c1-10-13(15)11(17(4)16-10)9-12(19)14(2,3)18-7-5-6-8-18/h5-9H2,1-4H3. The van der Waals surface area contributed by atoms with Gasteiger partial charge in [0.15, 0.2) is 5.78 Å². The molecule has 1 aromatic heterocycles. The number of rotatable bonds is 4. The molecule has 0 unspecified atom stereocenters. The van der Waals surface area contributed by atoms with E-state index in [4.69, 9.17) is 0 Å². The summed E-state index contributed by atoms with van der Waals surface area (Å²) in [5.41, 5.74) is 1.52. The number of hydrogen-bond donors (Lipinski definition) is 0. The molecule has 1 saturated heterocycles. The topological polar surface area (TPSA) is 38.1 Å². The van der Waals surface area contributed by atoms with Crippen molar-refractivity contribution in [2.45, 2.75) is 45.6 Å². The van der Waals surface area contributed by atoms with Crippen LogP contribution in [0, 0.1) is 6.92 Å². The fraction of sp³-hybridized carbons (Fsp3) is 0.714. The van der Waals surface area contributed by atoms with Crippen molar-refractivity contribution < 1.29 is 4.79 Å². The lowest BCUT2D eigenvalue weighted by atomic mass is 9.93. The third-order valence-corrected chi connectivity index (χ3v) is 5.20. The van der Waals surface area contributed by atoms with Crippen molar-refractivity contribution in [1.82, 2.24) is 14.7 Å². The maximum Gasteiger partial charge on any atom is 0.158 e. The Hall–Kier alpha value is -0.680. The molecule has 0 bridgehead atoms. The van der Waals surface area contributed by atoms with Crippen LogP contribution in [0.25, 0.3) is 0 Å². The van der Waals surface area contributed by atoms with Gasteiger partial charge in [-0.05, 0) is 62.6 Å². The number of ketones is 1. The van der Waals surface area contributed by atoms with E-state index in [1.54, 1.807) is 4.68 Å². The molecule has 106 valence electrons. The summed E-state index contributed by atoms with van der Waals surface area (Å²) in [4.78, 5) is 14.9. The van der Waals surface area contributed by atoms with Crippen molar-refractivity contribution in [2.24, 2.45) is 7.05 Å². The molecular weight excluding hydrogens is 306 g/mol. The Labute approximate surface area is 123 Å². The molecule has 1 aliphatic heterocycles. The minimum atomic E-state index is -0.381. The van der Waals surface area contributed by atoms with Crippen LogP contribution in [0.1, 0.15) is 38.1 Å². The van der Waals surface area contributed by atoms with Gasteiger partial charge in [0, 0.05) is 7.05 Å². The van der Waals surface area contributed by atoms with Gasteiger partial charge in [0.2, 0.25) is 0 Å². The molecular formula is C14H22BrN3O. The number of Topliss-reactive ketones (excluding diaryl/α,β-unsaturated/α-hetero) is 1. The second kappa shape index (κ2) is 5.37. The Bertz CT molecular complexity index is 487. The molecule has 2 rings (SSSR count). The average Bonchev–Trinajstić information content (AvgIpc) is 2.94. The summed E-state index contributed by atoms with van der Waals surface area (Å²) < 4.78 is 2.76. The van der Waals surface area contributed by atoms with Crippen molar-refractivity contribution in [1.29, 1.82) is 0 Å². The Balaban J connectivity index is 2.16. The van der Waals surface area contributed by atoms with Gasteiger partial charge in [-0.15, -0.1) is 0 Å². The van der Waals surface area contributed by atoms with Gasteiger partial charge in [0.25, 0.3) is 0 Å². The number of carbonyl (C=O) groups is 1. The fourth-order valence-corrected chi connectivity index (χ4v) is 3.17. The molecule has 4 nitrogen and oxygen atoms in total. The van der Waals surface area contributed by atoms with E-state index >= 15 is 0 Å². The Morgan fingerprint density at radius 2 is 1.95 bits per heavy atom. The van der Waals surface area contributed by atoms with Crippen LogP contribution in [-0.4, -0.2) is 39.1 Å². The molecule has 0 saturated carbocycles. The van der Waals surface area contributed by atoms with Crippen molar-refractivity contribution >= 4 is 21.7 Å². The minimum Gasteiger partial charge on any atom is -0.297 e. The molecule has 0 aliphatic carbocycles. The molecule has 0 N–H and O–H groups in total. The van der Waals surface area contributed by atoms with Gasteiger partial charge in [-0.2, -0.15) is 5.10 Å². The van der Waals surface area contributed by atoms with E-state index in [9.17, 15) is 4.79 Å². The van der Waals surface area contributed by atoms with E-state index in [0.717, 1.165) is 29.0 Å². The van der Waals surface area contributed by atoms with Crippen LogP contribution in [0.15, 0.2) is 4.47 Å². The molecule has 1 fully saturated rings. The lowest BCUT2D eigenvalue weighted by Gasteiger charge is -2.34. The third-order valence-electron chi connectivity index (χ3n) is 4.17. The molecule has 0 spiro atoms. The normalized spacial score (nSPS) is 17.1. The Morgan fingerprint density at radius 3 is 2.42 bits per heavy atom. The van der Waals surface area contributed by atoms with Crippen molar-refractivity contribution in [3.8, 4) is 0 Å². The van der Waals surface area contributed by atoms with Crippen LogP contribution in [0.4, 0.5) is 0 Å². The molecule has 1 aliphatic rings. The Kier molecular flexibility index (Phi) is 4.16. The largest absolute Gasteiger partial charge is 0.297 e. The van der Waals surface area contributed by atoms with Gasteiger partial charge < -0.3 is 0 Å². The molecule has 0 aromatic carbocycles. The third kappa shape index (κ3) is 2.77. The maximum absolute atomic E-state index is 12.6. The second-order valence-corrected chi connectivity index (χ2v) is 6.62. The van der Waals surface area contributed by atoms with Crippen molar-refractivity contribution in [2.75, 3.05) is 13.1 Å². The van der Waals surface area contributed by atoms with Gasteiger partial charge in [-0.25, -0.2) is 0 Å². The summed E-state index contributed by atoms with van der Waals surface area (Å²) in [5, 5.41) is 4.35. The summed E-state index contributed by atoms with van der Waals surface area (Å²) in [6.07, 6.45) is 2.83. The number of nitrogens with zero attached hydrogens (tertiary/aromatic N) is 3. The van der Waals surface area contributed by atoms with Crippen LogP contribution in [0.3, 0.4) is 0 Å². The van der Waals surface area contributed by atoms with Gasteiger partial charge >= 0.3 is 0 Å². The highest BCUT2D eigenvalue weighted by atomic mass is 79.9. The van der Waals surface area contributed by atoms with E-state index in [0.29, 0.717) is 6.42 Å². The first-order valence-electron chi connectivity index (χ1n) is 6.80. The van der Waals surface area contributed by atoms with Crippen molar-refractivity contribution in [3.05, 3.63) is 15.9 Å². The molecule has 19 heavy (non-hydrogen) atoms. The molecule has 0 radical (unpaired) electrons. The fourth-order valence-electron chi connectivity index (χ4n) is 2.69. The van der Waals surface area contributed by atoms with E-state index in [-0.39, 0.29) is 11.3 Å². The van der Waals surface area contributed by atoms with E-state index in [2.05, 4.69) is 25.9 Å². The van der Waals surface area contributed by atoms with E-state index < -0.39 is 0 Å². The van der Waals surface area contributed by atoms with Crippen LogP contribution < -0.4 is 0 Å². The first-order valence-corrected chi connectivity index (χ1v) is 7.59. The molecule has 0 atom stereocenters. The van der Waals surface area contributed by atoms with Crippen molar-refractivity contribution in [3.63, 3.8) is 0 Å². The number of aryl methyl sites for hydroxylation is 2. The van der Waals surface area contributed by atoms with E-state index in [1.807, 2.05) is 27.8 Å². The monoisotopic (exact) mass is 327 g/mol. The number of likely N-dealkylation sites (tertiary alicyclic amines) is 1. The predicted octanol–water partition coefficient (Wildman–Crippen LogP) is 2.48. The maximum atomic E-state index is 12.6. The lowest BCUT2D eigenvalue weighted by Crippen LogP contribution is -2.49. The highest BCUT2D eigenvalue weighted by molar-refractivity contribution is 9.10.